The van der Waals surface area contributed by atoms with E-state index in [4.69, 9.17) is 4.84 Å². The fraction of sp³-hybridized carbons (Fsp3) is 0.250. The average molecular weight is 155 g/mol. The lowest BCUT2D eigenvalue weighted by molar-refractivity contribution is 0.210. The summed E-state index contributed by atoms with van der Waals surface area (Å²) in [5.74, 6) is -0.243. The molecular formula is C8H10FNO. The summed E-state index contributed by atoms with van der Waals surface area (Å²) in [5, 5.41) is 0. The Morgan fingerprint density at radius 1 is 1.36 bits per heavy atom. The Kier molecular flexibility index (Phi) is 2.86. The Hall–Kier alpha value is -1.09. The number of anilines is 1. The van der Waals surface area contributed by atoms with Crippen LogP contribution in [0.5, 0.6) is 0 Å². The van der Waals surface area contributed by atoms with Crippen LogP contribution in [0, 0.1) is 5.82 Å². The van der Waals surface area contributed by atoms with Crippen molar-refractivity contribution in [1.82, 2.24) is 0 Å². The minimum Gasteiger partial charge on any atom is -0.276 e. The Bertz CT molecular complexity index is 210. The molecule has 1 aromatic carbocycles. The first-order chi connectivity index (χ1) is 5.33. The zero-order valence-electron chi connectivity index (χ0n) is 6.30. The molecule has 60 valence electrons. The van der Waals surface area contributed by atoms with Crippen molar-refractivity contribution in [1.29, 1.82) is 0 Å². The summed E-state index contributed by atoms with van der Waals surface area (Å²) in [7, 11) is 0. The number of hydrogen-bond donors (Lipinski definition) is 1. The minimum absolute atomic E-state index is 0.243. The van der Waals surface area contributed by atoms with Crippen molar-refractivity contribution < 1.29 is 9.23 Å². The van der Waals surface area contributed by atoms with Gasteiger partial charge in [-0.3, -0.25) is 10.3 Å². The first kappa shape index (κ1) is 8.01. The van der Waals surface area contributed by atoms with Gasteiger partial charge in [0.25, 0.3) is 0 Å². The zero-order valence-corrected chi connectivity index (χ0v) is 6.30. The molecule has 0 spiro atoms. The van der Waals surface area contributed by atoms with Gasteiger partial charge in [-0.05, 0) is 31.2 Å². The zero-order chi connectivity index (χ0) is 8.10. The van der Waals surface area contributed by atoms with Gasteiger partial charge in [0, 0.05) is 0 Å². The third kappa shape index (κ3) is 2.55. The number of rotatable bonds is 3. The molecule has 1 N–H and O–H groups in total. The Labute approximate surface area is 64.9 Å². The first-order valence-electron chi connectivity index (χ1n) is 3.46. The van der Waals surface area contributed by atoms with E-state index < -0.39 is 0 Å². The highest BCUT2D eigenvalue weighted by atomic mass is 19.1. The highest BCUT2D eigenvalue weighted by molar-refractivity contribution is 5.40. The molecule has 2 nitrogen and oxygen atoms in total. The molecule has 0 saturated heterocycles. The lowest BCUT2D eigenvalue weighted by atomic mass is 10.3. The molecule has 0 amide bonds. The molecule has 1 aromatic rings. The van der Waals surface area contributed by atoms with Crippen LogP contribution in [0.3, 0.4) is 0 Å². The van der Waals surface area contributed by atoms with Crippen LogP contribution >= 0.6 is 0 Å². The Balaban J connectivity index is 2.52. The van der Waals surface area contributed by atoms with Crippen LogP contribution in [0.4, 0.5) is 10.1 Å². The monoisotopic (exact) mass is 155 g/mol. The molecule has 0 aliphatic heterocycles. The standard InChI is InChI=1S/C8H10FNO/c1-2-11-10-8-5-3-7(9)4-6-8/h3-6,10H,2H2,1H3. The van der Waals surface area contributed by atoms with E-state index in [-0.39, 0.29) is 5.82 Å². The van der Waals surface area contributed by atoms with Crippen molar-refractivity contribution in [2.24, 2.45) is 0 Å². The molecule has 11 heavy (non-hydrogen) atoms. The van der Waals surface area contributed by atoms with Gasteiger partial charge in [-0.25, -0.2) is 4.39 Å². The SMILES string of the molecule is CCONc1ccc(F)cc1. The maximum atomic E-state index is 12.3. The van der Waals surface area contributed by atoms with Crippen LogP contribution in [-0.2, 0) is 4.84 Å². The maximum Gasteiger partial charge on any atom is 0.123 e. The van der Waals surface area contributed by atoms with Gasteiger partial charge < -0.3 is 0 Å². The summed E-state index contributed by atoms with van der Waals surface area (Å²) >= 11 is 0. The van der Waals surface area contributed by atoms with E-state index in [0.717, 1.165) is 5.69 Å². The maximum absolute atomic E-state index is 12.3. The number of benzene rings is 1. The smallest absolute Gasteiger partial charge is 0.123 e. The highest BCUT2D eigenvalue weighted by Crippen LogP contribution is 2.07. The molecule has 0 aliphatic rings. The normalized spacial score (nSPS) is 9.64. The third-order valence-electron chi connectivity index (χ3n) is 1.18. The molecule has 0 aliphatic carbocycles. The van der Waals surface area contributed by atoms with Crippen LogP contribution in [-0.4, -0.2) is 6.61 Å². The quantitative estimate of drug-likeness (QED) is 0.675. The number of nitrogens with one attached hydrogen (secondary N) is 1. The van der Waals surface area contributed by atoms with E-state index in [1.54, 1.807) is 12.1 Å². The summed E-state index contributed by atoms with van der Waals surface area (Å²) in [6, 6.07) is 5.98. The second kappa shape index (κ2) is 3.93. The molecule has 0 atom stereocenters. The van der Waals surface area contributed by atoms with E-state index in [9.17, 15) is 4.39 Å². The van der Waals surface area contributed by atoms with Crippen LogP contribution in [0.2, 0.25) is 0 Å². The molecule has 0 aromatic heterocycles. The fourth-order valence-electron chi connectivity index (χ4n) is 0.673. The minimum atomic E-state index is -0.243. The summed E-state index contributed by atoms with van der Waals surface area (Å²) in [4.78, 5) is 4.89. The largest absolute Gasteiger partial charge is 0.276 e. The van der Waals surface area contributed by atoms with E-state index in [1.807, 2.05) is 6.92 Å². The first-order valence-corrected chi connectivity index (χ1v) is 3.46. The van der Waals surface area contributed by atoms with Gasteiger partial charge in [0.15, 0.2) is 0 Å². The van der Waals surface area contributed by atoms with E-state index in [1.165, 1.54) is 12.1 Å². The predicted molar refractivity (Wildman–Crippen MR) is 41.6 cm³/mol. The third-order valence-corrected chi connectivity index (χ3v) is 1.18. The lowest BCUT2D eigenvalue weighted by Gasteiger charge is -2.03. The molecular weight excluding hydrogens is 145 g/mol. The van der Waals surface area contributed by atoms with E-state index in [0.29, 0.717) is 6.61 Å². The number of hydrogen-bond acceptors (Lipinski definition) is 2. The summed E-state index contributed by atoms with van der Waals surface area (Å²) in [5.41, 5.74) is 3.41. The summed E-state index contributed by atoms with van der Waals surface area (Å²) < 4.78 is 12.3. The molecule has 0 saturated carbocycles. The van der Waals surface area contributed by atoms with Crippen molar-refractivity contribution in [3.05, 3.63) is 30.1 Å². The predicted octanol–water partition coefficient (Wildman–Crippen LogP) is 2.19. The molecule has 3 heteroatoms. The summed E-state index contributed by atoms with van der Waals surface area (Å²) in [6.45, 7) is 2.45. The topological polar surface area (TPSA) is 21.3 Å². The van der Waals surface area contributed by atoms with Gasteiger partial charge in [-0.15, -0.1) is 0 Å². The van der Waals surface area contributed by atoms with E-state index >= 15 is 0 Å². The Morgan fingerprint density at radius 3 is 2.55 bits per heavy atom. The van der Waals surface area contributed by atoms with Gasteiger partial charge in [0.05, 0.1) is 12.3 Å². The van der Waals surface area contributed by atoms with Crippen LogP contribution in [0.25, 0.3) is 0 Å². The van der Waals surface area contributed by atoms with Crippen molar-refractivity contribution in [2.45, 2.75) is 6.92 Å². The molecule has 0 heterocycles. The molecule has 0 unspecified atom stereocenters. The van der Waals surface area contributed by atoms with Gasteiger partial charge in [-0.2, -0.15) is 0 Å². The summed E-state index contributed by atoms with van der Waals surface area (Å²) in [6.07, 6.45) is 0. The van der Waals surface area contributed by atoms with Gasteiger partial charge in [-0.1, -0.05) is 0 Å². The van der Waals surface area contributed by atoms with Gasteiger partial charge in [0.2, 0.25) is 0 Å². The lowest BCUT2D eigenvalue weighted by Crippen LogP contribution is -1.99. The van der Waals surface area contributed by atoms with Crippen LogP contribution in [0.15, 0.2) is 24.3 Å². The molecule has 0 bridgehead atoms. The van der Waals surface area contributed by atoms with Crippen molar-refractivity contribution in [3.63, 3.8) is 0 Å². The average Bonchev–Trinajstić information content (AvgIpc) is 2.04. The molecule has 1 rings (SSSR count). The van der Waals surface area contributed by atoms with Crippen molar-refractivity contribution in [3.8, 4) is 0 Å². The molecule has 0 fully saturated rings. The number of halogens is 1. The van der Waals surface area contributed by atoms with Crippen LogP contribution in [0.1, 0.15) is 6.92 Å². The van der Waals surface area contributed by atoms with E-state index in [2.05, 4.69) is 5.48 Å². The fourth-order valence-corrected chi connectivity index (χ4v) is 0.673. The van der Waals surface area contributed by atoms with Gasteiger partial charge in [0.1, 0.15) is 5.82 Å². The van der Waals surface area contributed by atoms with Crippen molar-refractivity contribution >= 4 is 5.69 Å². The molecule has 0 radical (unpaired) electrons. The van der Waals surface area contributed by atoms with Crippen LogP contribution < -0.4 is 5.48 Å². The van der Waals surface area contributed by atoms with Gasteiger partial charge >= 0.3 is 0 Å². The Morgan fingerprint density at radius 2 is 2.00 bits per heavy atom. The highest BCUT2D eigenvalue weighted by Gasteiger charge is 1.90. The second-order valence-electron chi connectivity index (χ2n) is 2.04. The van der Waals surface area contributed by atoms with Crippen molar-refractivity contribution in [2.75, 3.05) is 12.1 Å². The second-order valence-corrected chi connectivity index (χ2v) is 2.04.